The van der Waals surface area contributed by atoms with Crippen LogP contribution in [-0.2, 0) is 17.5 Å². The summed E-state index contributed by atoms with van der Waals surface area (Å²) in [5.74, 6) is -0.544. The molecule has 1 aliphatic carbocycles. The van der Waals surface area contributed by atoms with Crippen LogP contribution in [0.1, 0.15) is 93.7 Å². The average molecular weight is 628 g/mol. The minimum absolute atomic E-state index is 0.0484. The first-order valence-electron chi connectivity index (χ1n) is 15.9. The average Bonchev–Trinajstić information content (AvgIpc) is 3.33. The SMILES string of the molecule is CC(C)NC(=O)[C@H]1CC[C@@H](n2/c(=N/C(=O)c3cccc(C(F)(F)F)c3)[nH]c3ccc(CN4CCC(C(C)(C)O)CC4)cc32)CC1. The summed E-state index contributed by atoms with van der Waals surface area (Å²) in [6, 6.07) is 10.4. The van der Waals surface area contributed by atoms with Crippen LogP contribution in [0.3, 0.4) is 0 Å². The lowest BCUT2D eigenvalue weighted by molar-refractivity contribution is -0.137. The molecule has 8 nitrogen and oxygen atoms in total. The van der Waals surface area contributed by atoms with Gasteiger partial charge in [0.2, 0.25) is 11.5 Å². The Labute approximate surface area is 261 Å². The van der Waals surface area contributed by atoms with Gasteiger partial charge in [-0.1, -0.05) is 12.1 Å². The Morgan fingerprint density at radius 3 is 2.33 bits per heavy atom. The second kappa shape index (κ2) is 13.1. The first kappa shape index (κ1) is 32.9. The maximum atomic E-state index is 13.3. The summed E-state index contributed by atoms with van der Waals surface area (Å²) in [6.45, 7) is 10.1. The molecule has 3 N–H and O–H groups in total. The van der Waals surface area contributed by atoms with Crippen LogP contribution in [0.2, 0.25) is 0 Å². The summed E-state index contributed by atoms with van der Waals surface area (Å²) in [6.07, 6.45) is 0.0250. The van der Waals surface area contributed by atoms with E-state index >= 15 is 0 Å². The number of imidazole rings is 1. The van der Waals surface area contributed by atoms with Crippen molar-refractivity contribution in [2.45, 2.75) is 96.6 Å². The van der Waals surface area contributed by atoms with Gasteiger partial charge in [-0.3, -0.25) is 14.5 Å². The van der Waals surface area contributed by atoms with E-state index in [-0.39, 0.29) is 41.0 Å². The molecular formula is C34H44F3N5O3. The number of benzene rings is 2. The molecule has 1 saturated carbocycles. The number of hydrogen-bond acceptors (Lipinski definition) is 4. The van der Waals surface area contributed by atoms with E-state index in [2.05, 4.69) is 26.3 Å². The Hall–Kier alpha value is -3.44. The maximum absolute atomic E-state index is 13.3. The summed E-state index contributed by atoms with van der Waals surface area (Å²) in [7, 11) is 0. The molecule has 0 spiro atoms. The van der Waals surface area contributed by atoms with Gasteiger partial charge in [0.15, 0.2) is 0 Å². The molecular weight excluding hydrogens is 583 g/mol. The molecule has 244 valence electrons. The highest BCUT2D eigenvalue weighted by Gasteiger charge is 2.32. The van der Waals surface area contributed by atoms with Crippen LogP contribution < -0.4 is 10.9 Å². The topological polar surface area (TPSA) is 103 Å². The van der Waals surface area contributed by atoms with E-state index in [9.17, 15) is 27.9 Å². The fourth-order valence-corrected chi connectivity index (χ4v) is 6.77. The largest absolute Gasteiger partial charge is 0.416 e. The Morgan fingerprint density at radius 2 is 1.71 bits per heavy atom. The number of piperidine rings is 1. The lowest BCUT2D eigenvalue weighted by Gasteiger charge is -2.37. The molecule has 1 aromatic heterocycles. The standard InChI is InChI=1S/C34H44F3N5O3/c1-21(2)38-30(43)23-9-11-27(12-10-23)42-29-18-22(20-41-16-14-25(15-17-41)33(3,4)45)8-13-28(29)39-32(42)40-31(44)24-6-5-7-26(19-24)34(35,36)37/h5-8,13,18-19,21,23,25,27,45H,9-12,14-17,20H2,1-4H3,(H,38,43)(H,39,40,44)/t23-,27+. The van der Waals surface area contributed by atoms with Gasteiger partial charge in [0, 0.05) is 30.1 Å². The third-order valence-corrected chi connectivity index (χ3v) is 9.30. The fourth-order valence-electron chi connectivity index (χ4n) is 6.77. The molecule has 1 saturated heterocycles. The molecule has 2 heterocycles. The molecule has 1 aliphatic heterocycles. The van der Waals surface area contributed by atoms with Gasteiger partial charge in [-0.05, 0) is 121 Å². The first-order valence-corrected chi connectivity index (χ1v) is 15.9. The van der Waals surface area contributed by atoms with Gasteiger partial charge in [-0.15, -0.1) is 0 Å². The zero-order chi connectivity index (χ0) is 32.5. The van der Waals surface area contributed by atoms with Gasteiger partial charge >= 0.3 is 6.18 Å². The second-order valence-corrected chi connectivity index (χ2v) is 13.5. The van der Waals surface area contributed by atoms with Crippen molar-refractivity contribution in [1.82, 2.24) is 19.8 Å². The molecule has 0 radical (unpaired) electrons. The van der Waals surface area contributed by atoms with Gasteiger partial charge in [0.1, 0.15) is 0 Å². The van der Waals surface area contributed by atoms with Crippen molar-refractivity contribution in [1.29, 1.82) is 0 Å². The van der Waals surface area contributed by atoms with Crippen molar-refractivity contribution in [3.8, 4) is 0 Å². The Bertz CT molecular complexity index is 1580. The highest BCUT2D eigenvalue weighted by molar-refractivity contribution is 5.95. The number of carbonyl (C=O) groups is 2. The molecule has 2 aliphatic rings. The molecule has 0 unspecified atom stereocenters. The summed E-state index contributed by atoms with van der Waals surface area (Å²) < 4.78 is 42.0. The van der Waals surface area contributed by atoms with E-state index in [1.54, 1.807) is 0 Å². The van der Waals surface area contributed by atoms with Crippen LogP contribution in [-0.4, -0.2) is 56.1 Å². The normalized spacial score (nSPS) is 21.0. The smallest absolute Gasteiger partial charge is 0.390 e. The van der Waals surface area contributed by atoms with Crippen molar-refractivity contribution < 1.29 is 27.9 Å². The minimum Gasteiger partial charge on any atom is -0.390 e. The van der Waals surface area contributed by atoms with Gasteiger partial charge in [0.05, 0.1) is 22.2 Å². The van der Waals surface area contributed by atoms with E-state index in [0.29, 0.717) is 25.7 Å². The fraction of sp³-hybridized carbons (Fsp3) is 0.559. The van der Waals surface area contributed by atoms with E-state index in [1.807, 2.05) is 44.4 Å². The number of fused-ring (bicyclic) bond motifs is 1. The number of carbonyl (C=O) groups excluding carboxylic acids is 2. The molecule has 11 heteroatoms. The molecule has 5 rings (SSSR count). The predicted molar refractivity (Wildman–Crippen MR) is 166 cm³/mol. The number of amides is 2. The number of nitrogens with zero attached hydrogens (tertiary/aromatic N) is 3. The number of H-pyrrole nitrogens is 1. The molecule has 0 bridgehead atoms. The van der Waals surface area contributed by atoms with Crippen LogP contribution in [0.15, 0.2) is 47.5 Å². The third-order valence-electron chi connectivity index (χ3n) is 9.30. The van der Waals surface area contributed by atoms with Crippen molar-refractivity contribution in [2.24, 2.45) is 16.8 Å². The number of halogens is 3. The lowest BCUT2D eigenvalue weighted by Crippen LogP contribution is -2.41. The Kier molecular flexibility index (Phi) is 9.60. The molecule has 3 aromatic rings. The molecule has 2 amide bonds. The number of aliphatic hydroxyl groups is 1. The summed E-state index contributed by atoms with van der Waals surface area (Å²) in [5.41, 5.74) is 1.28. The van der Waals surface area contributed by atoms with Crippen molar-refractivity contribution in [2.75, 3.05) is 13.1 Å². The Balaban J connectivity index is 1.46. The van der Waals surface area contributed by atoms with Crippen LogP contribution in [0, 0.1) is 11.8 Å². The van der Waals surface area contributed by atoms with E-state index in [4.69, 9.17) is 0 Å². The summed E-state index contributed by atoms with van der Waals surface area (Å²) >= 11 is 0. The van der Waals surface area contributed by atoms with Gasteiger partial charge < -0.3 is 20.0 Å². The molecule has 2 fully saturated rings. The predicted octanol–water partition coefficient (Wildman–Crippen LogP) is 5.97. The number of aromatic amines is 1. The number of nitrogens with one attached hydrogen (secondary N) is 2. The highest BCUT2D eigenvalue weighted by atomic mass is 19.4. The van der Waals surface area contributed by atoms with Crippen LogP contribution in [0.5, 0.6) is 0 Å². The van der Waals surface area contributed by atoms with E-state index in [1.165, 1.54) is 12.1 Å². The van der Waals surface area contributed by atoms with Gasteiger partial charge in [-0.2, -0.15) is 18.2 Å². The highest BCUT2D eigenvalue weighted by Crippen LogP contribution is 2.34. The first-order chi connectivity index (χ1) is 21.2. The number of alkyl halides is 3. The van der Waals surface area contributed by atoms with Crippen LogP contribution >= 0.6 is 0 Å². The van der Waals surface area contributed by atoms with E-state index < -0.39 is 23.2 Å². The van der Waals surface area contributed by atoms with Gasteiger partial charge in [-0.25, -0.2) is 0 Å². The second-order valence-electron chi connectivity index (χ2n) is 13.5. The number of rotatable bonds is 7. The third kappa shape index (κ3) is 7.87. The Morgan fingerprint density at radius 1 is 1.02 bits per heavy atom. The zero-order valence-electron chi connectivity index (χ0n) is 26.5. The van der Waals surface area contributed by atoms with Crippen molar-refractivity contribution in [3.05, 3.63) is 64.8 Å². The van der Waals surface area contributed by atoms with E-state index in [0.717, 1.165) is 61.2 Å². The monoisotopic (exact) mass is 627 g/mol. The van der Waals surface area contributed by atoms with Crippen molar-refractivity contribution in [3.63, 3.8) is 0 Å². The minimum atomic E-state index is -4.57. The molecule has 0 atom stereocenters. The quantitative estimate of drug-likeness (QED) is 0.301. The number of aromatic nitrogens is 2. The lowest BCUT2D eigenvalue weighted by atomic mass is 9.83. The molecule has 2 aromatic carbocycles. The van der Waals surface area contributed by atoms with Gasteiger partial charge in [0.25, 0.3) is 5.91 Å². The summed E-state index contributed by atoms with van der Waals surface area (Å²) in [5, 5.41) is 13.4. The van der Waals surface area contributed by atoms with Crippen molar-refractivity contribution >= 4 is 22.8 Å². The zero-order valence-corrected chi connectivity index (χ0v) is 26.5. The molecule has 45 heavy (non-hydrogen) atoms. The van der Waals surface area contributed by atoms with Crippen LogP contribution in [0.25, 0.3) is 11.0 Å². The number of likely N-dealkylation sites (tertiary alicyclic amines) is 1. The number of hydrogen-bond donors (Lipinski definition) is 3. The van der Waals surface area contributed by atoms with Crippen LogP contribution in [0.4, 0.5) is 13.2 Å². The maximum Gasteiger partial charge on any atom is 0.416 e. The summed E-state index contributed by atoms with van der Waals surface area (Å²) in [4.78, 5) is 35.9.